The smallest absolute Gasteiger partial charge is 0.251 e. The van der Waals surface area contributed by atoms with Crippen LogP contribution >= 0.6 is 0 Å². The van der Waals surface area contributed by atoms with Crippen LogP contribution in [0.2, 0.25) is 0 Å². The number of rotatable bonds is 3. The molecule has 1 aliphatic rings. The molecule has 4 nitrogen and oxygen atoms in total. The van der Waals surface area contributed by atoms with Gasteiger partial charge in [0.05, 0.1) is 6.04 Å². The highest BCUT2D eigenvalue weighted by atomic mass is 16.6. The molecule has 0 aliphatic carbocycles. The van der Waals surface area contributed by atoms with Crippen LogP contribution < -0.4 is 14.8 Å². The Kier molecular flexibility index (Phi) is 4.02. The van der Waals surface area contributed by atoms with E-state index >= 15 is 0 Å². The molecular formula is C21H19NO3. The van der Waals surface area contributed by atoms with Gasteiger partial charge in [-0.15, -0.1) is 0 Å². The molecule has 1 N–H and O–H groups in total. The number of benzene rings is 3. The molecule has 4 rings (SSSR count). The minimum Gasteiger partial charge on any atom is -0.486 e. The molecule has 4 heteroatoms. The second-order valence-corrected chi connectivity index (χ2v) is 6.12. The second kappa shape index (κ2) is 6.48. The monoisotopic (exact) mass is 333 g/mol. The quantitative estimate of drug-likeness (QED) is 0.785. The van der Waals surface area contributed by atoms with E-state index in [-0.39, 0.29) is 11.9 Å². The Morgan fingerprint density at radius 3 is 2.60 bits per heavy atom. The summed E-state index contributed by atoms with van der Waals surface area (Å²) in [5.41, 5.74) is 1.67. The van der Waals surface area contributed by atoms with E-state index in [1.54, 1.807) is 18.2 Å². The Bertz CT molecular complexity index is 930. The van der Waals surface area contributed by atoms with E-state index in [9.17, 15) is 4.79 Å². The van der Waals surface area contributed by atoms with Crippen molar-refractivity contribution < 1.29 is 14.3 Å². The van der Waals surface area contributed by atoms with Crippen LogP contribution in [0.4, 0.5) is 0 Å². The van der Waals surface area contributed by atoms with E-state index in [0.717, 1.165) is 10.9 Å². The molecule has 1 atom stereocenters. The van der Waals surface area contributed by atoms with Crippen molar-refractivity contribution in [1.29, 1.82) is 0 Å². The first kappa shape index (κ1) is 15.5. The molecule has 3 aromatic rings. The predicted octanol–water partition coefficient (Wildman–Crippen LogP) is 4.10. The lowest BCUT2D eigenvalue weighted by atomic mass is 9.99. The topological polar surface area (TPSA) is 47.6 Å². The molecule has 1 amide bonds. The van der Waals surface area contributed by atoms with Gasteiger partial charge in [0.2, 0.25) is 0 Å². The fourth-order valence-electron chi connectivity index (χ4n) is 3.17. The van der Waals surface area contributed by atoms with Crippen molar-refractivity contribution in [1.82, 2.24) is 5.32 Å². The highest BCUT2D eigenvalue weighted by Gasteiger charge is 2.17. The van der Waals surface area contributed by atoms with Gasteiger partial charge in [-0.3, -0.25) is 4.79 Å². The summed E-state index contributed by atoms with van der Waals surface area (Å²) in [5, 5.41) is 5.40. The lowest BCUT2D eigenvalue weighted by molar-refractivity contribution is 0.0939. The van der Waals surface area contributed by atoms with E-state index in [1.165, 1.54) is 5.39 Å². The van der Waals surface area contributed by atoms with Gasteiger partial charge in [0, 0.05) is 5.56 Å². The van der Waals surface area contributed by atoms with Crippen LogP contribution in [0.25, 0.3) is 10.8 Å². The Hall–Kier alpha value is -3.01. The van der Waals surface area contributed by atoms with Crippen molar-refractivity contribution >= 4 is 16.7 Å². The van der Waals surface area contributed by atoms with Crippen molar-refractivity contribution in [2.75, 3.05) is 13.2 Å². The zero-order valence-electron chi connectivity index (χ0n) is 14.0. The summed E-state index contributed by atoms with van der Waals surface area (Å²) >= 11 is 0. The predicted molar refractivity (Wildman–Crippen MR) is 97.3 cm³/mol. The molecule has 1 aliphatic heterocycles. The fourth-order valence-corrected chi connectivity index (χ4v) is 3.17. The number of hydrogen-bond acceptors (Lipinski definition) is 3. The molecule has 25 heavy (non-hydrogen) atoms. The minimum absolute atomic E-state index is 0.105. The van der Waals surface area contributed by atoms with Crippen LogP contribution in [0, 0.1) is 0 Å². The molecule has 0 radical (unpaired) electrons. The average Bonchev–Trinajstić information content (AvgIpc) is 2.67. The minimum atomic E-state index is -0.127. The Labute approximate surface area is 146 Å². The normalized spacial score (nSPS) is 14.1. The summed E-state index contributed by atoms with van der Waals surface area (Å²) in [4.78, 5) is 12.6. The third-order valence-electron chi connectivity index (χ3n) is 4.44. The van der Waals surface area contributed by atoms with Gasteiger partial charge in [0.1, 0.15) is 13.2 Å². The highest BCUT2D eigenvalue weighted by Crippen LogP contribution is 2.31. The van der Waals surface area contributed by atoms with Crippen LogP contribution in [0.1, 0.15) is 28.9 Å². The van der Waals surface area contributed by atoms with Crippen molar-refractivity contribution in [3.8, 4) is 11.5 Å². The maximum atomic E-state index is 12.6. The standard InChI is InChI=1S/C21H19NO3/c1-14(17-8-4-6-15-5-2-3-7-18(15)17)22-21(23)16-9-10-19-20(13-16)25-12-11-24-19/h2-10,13-14H,11-12H2,1H3,(H,22,23). The zero-order valence-corrected chi connectivity index (χ0v) is 14.0. The number of amides is 1. The van der Waals surface area contributed by atoms with E-state index in [1.807, 2.05) is 25.1 Å². The molecular weight excluding hydrogens is 314 g/mol. The van der Waals surface area contributed by atoms with Crippen molar-refractivity contribution in [2.24, 2.45) is 0 Å². The number of nitrogens with one attached hydrogen (secondary N) is 1. The van der Waals surface area contributed by atoms with Gasteiger partial charge in [0.15, 0.2) is 11.5 Å². The van der Waals surface area contributed by atoms with Gasteiger partial charge in [-0.2, -0.15) is 0 Å². The second-order valence-electron chi connectivity index (χ2n) is 6.12. The number of hydrogen-bond donors (Lipinski definition) is 1. The summed E-state index contributed by atoms with van der Waals surface area (Å²) < 4.78 is 11.1. The van der Waals surface area contributed by atoms with Crippen LogP contribution in [-0.2, 0) is 0 Å². The first-order valence-electron chi connectivity index (χ1n) is 8.40. The molecule has 0 saturated heterocycles. The highest BCUT2D eigenvalue weighted by molar-refractivity contribution is 5.95. The maximum Gasteiger partial charge on any atom is 0.251 e. The third kappa shape index (κ3) is 3.03. The zero-order chi connectivity index (χ0) is 17.2. The summed E-state index contributed by atoms with van der Waals surface area (Å²) in [6, 6.07) is 19.5. The molecule has 1 heterocycles. The molecule has 0 bridgehead atoms. The van der Waals surface area contributed by atoms with E-state index in [2.05, 4.69) is 29.6 Å². The molecule has 126 valence electrons. The van der Waals surface area contributed by atoms with Gasteiger partial charge in [-0.1, -0.05) is 42.5 Å². The van der Waals surface area contributed by atoms with E-state index in [0.29, 0.717) is 30.3 Å². The van der Waals surface area contributed by atoms with Gasteiger partial charge in [-0.05, 0) is 41.5 Å². The van der Waals surface area contributed by atoms with Gasteiger partial charge in [-0.25, -0.2) is 0 Å². The summed E-state index contributed by atoms with van der Waals surface area (Å²) in [6.07, 6.45) is 0. The molecule has 0 spiro atoms. The largest absolute Gasteiger partial charge is 0.486 e. The SMILES string of the molecule is CC(NC(=O)c1ccc2c(c1)OCCO2)c1cccc2ccccc12. The number of carbonyl (C=O) groups excluding carboxylic acids is 1. The van der Waals surface area contributed by atoms with E-state index < -0.39 is 0 Å². The average molecular weight is 333 g/mol. The number of fused-ring (bicyclic) bond motifs is 2. The third-order valence-corrected chi connectivity index (χ3v) is 4.44. The first-order valence-corrected chi connectivity index (χ1v) is 8.40. The number of carbonyl (C=O) groups is 1. The lowest BCUT2D eigenvalue weighted by Crippen LogP contribution is -2.27. The van der Waals surface area contributed by atoms with Gasteiger partial charge >= 0.3 is 0 Å². The molecule has 0 aromatic heterocycles. The summed E-state index contributed by atoms with van der Waals surface area (Å²) in [5.74, 6) is 1.18. The lowest BCUT2D eigenvalue weighted by Gasteiger charge is -2.20. The molecule has 3 aromatic carbocycles. The van der Waals surface area contributed by atoms with Crippen molar-refractivity contribution in [3.05, 3.63) is 71.8 Å². The van der Waals surface area contributed by atoms with Gasteiger partial charge in [0.25, 0.3) is 5.91 Å². The Morgan fingerprint density at radius 2 is 1.72 bits per heavy atom. The number of ether oxygens (including phenoxy) is 2. The Morgan fingerprint density at radius 1 is 0.960 bits per heavy atom. The molecule has 0 saturated carbocycles. The Balaban J connectivity index is 1.58. The van der Waals surface area contributed by atoms with E-state index in [4.69, 9.17) is 9.47 Å². The van der Waals surface area contributed by atoms with Crippen LogP contribution in [0.15, 0.2) is 60.7 Å². The summed E-state index contributed by atoms with van der Waals surface area (Å²) in [6.45, 7) is 3.04. The van der Waals surface area contributed by atoms with Crippen molar-refractivity contribution in [3.63, 3.8) is 0 Å². The van der Waals surface area contributed by atoms with Crippen LogP contribution in [-0.4, -0.2) is 19.1 Å². The van der Waals surface area contributed by atoms with Crippen LogP contribution in [0.5, 0.6) is 11.5 Å². The molecule has 1 unspecified atom stereocenters. The molecule has 0 fully saturated rings. The first-order chi connectivity index (χ1) is 12.2. The van der Waals surface area contributed by atoms with Crippen LogP contribution in [0.3, 0.4) is 0 Å². The fraction of sp³-hybridized carbons (Fsp3) is 0.190. The maximum absolute atomic E-state index is 12.6. The van der Waals surface area contributed by atoms with Crippen molar-refractivity contribution in [2.45, 2.75) is 13.0 Å². The van der Waals surface area contributed by atoms with Gasteiger partial charge < -0.3 is 14.8 Å². The summed E-state index contributed by atoms with van der Waals surface area (Å²) in [7, 11) is 0.